The van der Waals surface area contributed by atoms with E-state index in [9.17, 15) is 4.79 Å². The summed E-state index contributed by atoms with van der Waals surface area (Å²) in [4.78, 5) is 11.8. The summed E-state index contributed by atoms with van der Waals surface area (Å²) >= 11 is 0. The fourth-order valence-corrected chi connectivity index (χ4v) is 2.70. The summed E-state index contributed by atoms with van der Waals surface area (Å²) in [6.07, 6.45) is 0.250. The van der Waals surface area contributed by atoms with E-state index in [-0.39, 0.29) is 11.9 Å². The van der Waals surface area contributed by atoms with Crippen LogP contribution in [0.15, 0.2) is 30.3 Å². The van der Waals surface area contributed by atoms with Crippen LogP contribution in [0.4, 0.5) is 0 Å². The van der Waals surface area contributed by atoms with Crippen LogP contribution in [0.5, 0.6) is 0 Å². The largest absolute Gasteiger partial charge is 0.469 e. The van der Waals surface area contributed by atoms with Gasteiger partial charge in [0.25, 0.3) is 0 Å². The normalized spacial score (nSPS) is 26.1. The number of ether oxygens (including phenoxy) is 3. The fourth-order valence-electron chi connectivity index (χ4n) is 2.70. The molecule has 0 N–H and O–H groups in total. The van der Waals surface area contributed by atoms with E-state index >= 15 is 0 Å². The monoisotopic (exact) mass is 250 g/mol. The molecule has 1 aliphatic rings. The zero-order chi connectivity index (χ0) is 13.2. The van der Waals surface area contributed by atoms with Gasteiger partial charge in [0.1, 0.15) is 0 Å². The second-order valence-electron chi connectivity index (χ2n) is 4.49. The molecule has 18 heavy (non-hydrogen) atoms. The molecule has 2 rings (SSSR count). The van der Waals surface area contributed by atoms with Crippen LogP contribution >= 0.6 is 0 Å². The maximum Gasteiger partial charge on any atom is 0.309 e. The van der Waals surface area contributed by atoms with E-state index in [2.05, 4.69) is 0 Å². The van der Waals surface area contributed by atoms with E-state index in [4.69, 9.17) is 14.2 Å². The van der Waals surface area contributed by atoms with Gasteiger partial charge in [0.15, 0.2) is 6.29 Å². The number of esters is 1. The van der Waals surface area contributed by atoms with Crippen LogP contribution in [0.25, 0.3) is 0 Å². The fraction of sp³-hybridized carbons (Fsp3) is 0.500. The van der Waals surface area contributed by atoms with Crippen LogP contribution in [0.2, 0.25) is 0 Å². The molecule has 1 fully saturated rings. The van der Waals surface area contributed by atoms with Gasteiger partial charge in [0.2, 0.25) is 0 Å². The molecular weight excluding hydrogens is 232 g/mol. The van der Waals surface area contributed by atoms with E-state index < -0.39 is 11.7 Å². The summed E-state index contributed by atoms with van der Waals surface area (Å²) in [7, 11) is 4.59. The first-order chi connectivity index (χ1) is 8.70. The third-order valence-corrected chi connectivity index (χ3v) is 3.65. The lowest BCUT2D eigenvalue weighted by molar-refractivity contribution is -0.150. The van der Waals surface area contributed by atoms with Gasteiger partial charge in [-0.1, -0.05) is 30.3 Å². The summed E-state index contributed by atoms with van der Waals surface area (Å²) in [5.41, 5.74) is 0.631. The lowest BCUT2D eigenvalue weighted by atomic mass is 9.92. The first-order valence-corrected chi connectivity index (χ1v) is 5.89. The Labute approximate surface area is 107 Å². The van der Waals surface area contributed by atoms with Gasteiger partial charge in [-0.2, -0.15) is 0 Å². The molecule has 0 spiro atoms. The standard InChI is InChI=1S/C14H18O4/c1-16-12(15)11-9-14(11,13(17-2)18-3)10-7-5-4-6-8-10/h4-8,11,13H,9H2,1-3H3/t11-,14+/m0/s1. The minimum absolute atomic E-state index is 0.199. The van der Waals surface area contributed by atoms with E-state index in [0.717, 1.165) is 5.56 Å². The van der Waals surface area contributed by atoms with Crippen LogP contribution in [-0.4, -0.2) is 33.6 Å². The van der Waals surface area contributed by atoms with Gasteiger partial charge in [-0.25, -0.2) is 0 Å². The topological polar surface area (TPSA) is 44.8 Å². The smallest absolute Gasteiger partial charge is 0.309 e. The van der Waals surface area contributed by atoms with Gasteiger partial charge >= 0.3 is 5.97 Å². The molecule has 1 aromatic carbocycles. The molecule has 0 unspecified atom stereocenters. The van der Waals surface area contributed by atoms with E-state index in [1.165, 1.54) is 7.11 Å². The summed E-state index contributed by atoms with van der Waals surface area (Å²) in [6.45, 7) is 0. The number of carbonyl (C=O) groups is 1. The number of rotatable bonds is 5. The predicted octanol–water partition coefficient (Wildman–Crippen LogP) is 1.74. The minimum Gasteiger partial charge on any atom is -0.469 e. The Morgan fingerprint density at radius 2 is 1.83 bits per heavy atom. The molecule has 0 saturated heterocycles. The second kappa shape index (κ2) is 5.08. The molecule has 0 heterocycles. The molecule has 4 heteroatoms. The molecule has 0 bridgehead atoms. The quantitative estimate of drug-likeness (QED) is 0.590. The van der Waals surface area contributed by atoms with Crippen molar-refractivity contribution < 1.29 is 19.0 Å². The van der Waals surface area contributed by atoms with Crippen molar-refractivity contribution in [3.63, 3.8) is 0 Å². The zero-order valence-electron chi connectivity index (χ0n) is 10.9. The first kappa shape index (κ1) is 13.1. The lowest BCUT2D eigenvalue weighted by Crippen LogP contribution is -2.33. The van der Waals surface area contributed by atoms with Crippen LogP contribution in [0.1, 0.15) is 12.0 Å². The van der Waals surface area contributed by atoms with Crippen molar-refractivity contribution >= 4 is 5.97 Å². The molecule has 0 aromatic heterocycles. The van der Waals surface area contributed by atoms with Crippen LogP contribution in [-0.2, 0) is 24.4 Å². The maximum atomic E-state index is 11.8. The van der Waals surface area contributed by atoms with Gasteiger partial charge in [0, 0.05) is 14.2 Å². The van der Waals surface area contributed by atoms with Gasteiger partial charge in [-0.3, -0.25) is 4.79 Å². The highest BCUT2D eigenvalue weighted by molar-refractivity contribution is 5.79. The van der Waals surface area contributed by atoms with Gasteiger partial charge in [-0.05, 0) is 12.0 Å². The van der Waals surface area contributed by atoms with Crippen molar-refractivity contribution in [2.24, 2.45) is 5.92 Å². The molecule has 4 nitrogen and oxygen atoms in total. The summed E-state index contributed by atoms with van der Waals surface area (Å²) in [5.74, 6) is -0.409. The molecule has 1 aromatic rings. The number of methoxy groups -OCH3 is 3. The predicted molar refractivity (Wildman–Crippen MR) is 66.0 cm³/mol. The van der Waals surface area contributed by atoms with Crippen LogP contribution in [0, 0.1) is 5.92 Å². The summed E-state index contributed by atoms with van der Waals surface area (Å²) in [6, 6.07) is 9.83. The number of hydrogen-bond acceptors (Lipinski definition) is 4. The maximum absolute atomic E-state index is 11.8. The molecule has 1 aliphatic carbocycles. The van der Waals surface area contributed by atoms with Crippen LogP contribution in [0.3, 0.4) is 0 Å². The highest BCUT2D eigenvalue weighted by Gasteiger charge is 2.65. The van der Waals surface area contributed by atoms with Crippen LogP contribution < -0.4 is 0 Å². The average molecular weight is 250 g/mol. The molecule has 0 radical (unpaired) electrons. The Morgan fingerprint density at radius 1 is 1.22 bits per heavy atom. The van der Waals surface area contributed by atoms with Crippen molar-refractivity contribution in [3.05, 3.63) is 35.9 Å². The molecule has 1 saturated carbocycles. The highest BCUT2D eigenvalue weighted by atomic mass is 16.7. The van der Waals surface area contributed by atoms with Crippen molar-refractivity contribution in [1.82, 2.24) is 0 Å². The molecule has 0 amide bonds. The van der Waals surface area contributed by atoms with E-state index in [0.29, 0.717) is 6.42 Å². The average Bonchev–Trinajstić information content (AvgIpc) is 3.17. The Kier molecular flexibility index (Phi) is 3.68. The van der Waals surface area contributed by atoms with Gasteiger partial charge in [-0.15, -0.1) is 0 Å². The zero-order valence-corrected chi connectivity index (χ0v) is 10.9. The Balaban J connectivity index is 2.35. The molecule has 2 atom stereocenters. The molecule has 0 aliphatic heterocycles. The minimum atomic E-state index is -0.441. The van der Waals surface area contributed by atoms with Crippen molar-refractivity contribution in [1.29, 1.82) is 0 Å². The summed E-state index contributed by atoms with van der Waals surface area (Å²) in [5, 5.41) is 0. The highest BCUT2D eigenvalue weighted by Crippen LogP contribution is 2.58. The molecule has 98 valence electrons. The van der Waals surface area contributed by atoms with E-state index in [1.54, 1.807) is 14.2 Å². The number of hydrogen-bond donors (Lipinski definition) is 0. The molecular formula is C14H18O4. The van der Waals surface area contributed by atoms with E-state index in [1.807, 2.05) is 30.3 Å². The van der Waals surface area contributed by atoms with Crippen molar-refractivity contribution in [3.8, 4) is 0 Å². The number of benzene rings is 1. The Hall–Kier alpha value is -1.39. The lowest BCUT2D eigenvalue weighted by Gasteiger charge is -2.26. The van der Waals surface area contributed by atoms with Gasteiger partial charge in [0.05, 0.1) is 18.4 Å². The SMILES string of the molecule is COC(=O)[C@@H]1C[C@]1(c1ccccc1)C(OC)OC. The number of carbonyl (C=O) groups excluding carboxylic acids is 1. The Bertz CT molecular complexity index is 413. The van der Waals surface area contributed by atoms with Crippen molar-refractivity contribution in [2.45, 2.75) is 18.1 Å². The second-order valence-corrected chi connectivity index (χ2v) is 4.49. The Morgan fingerprint density at radius 3 is 2.33 bits per heavy atom. The van der Waals surface area contributed by atoms with Crippen molar-refractivity contribution in [2.75, 3.05) is 21.3 Å². The first-order valence-electron chi connectivity index (χ1n) is 5.89. The van der Waals surface area contributed by atoms with Gasteiger partial charge < -0.3 is 14.2 Å². The third-order valence-electron chi connectivity index (χ3n) is 3.65. The third kappa shape index (κ3) is 1.91. The summed E-state index contributed by atoms with van der Waals surface area (Å²) < 4.78 is 15.6.